The van der Waals surface area contributed by atoms with E-state index in [2.05, 4.69) is 4.74 Å². The molecule has 0 saturated carbocycles. The van der Waals surface area contributed by atoms with Gasteiger partial charge in [-0.2, -0.15) is 0 Å². The second-order valence-corrected chi connectivity index (χ2v) is 5.79. The molecule has 0 heterocycles. The minimum absolute atomic E-state index is 0.722. The van der Waals surface area contributed by atoms with Gasteiger partial charge in [0.2, 0.25) is 9.04 Å². The molecule has 0 aliphatic rings. The Morgan fingerprint density at radius 2 is 1.17 bits per heavy atom. The van der Waals surface area contributed by atoms with Crippen LogP contribution in [0.5, 0.6) is 0 Å². The van der Waals surface area contributed by atoms with Gasteiger partial charge in [0.05, 0.1) is 0 Å². The molecule has 1 nitrogen and oxygen atoms in total. The summed E-state index contributed by atoms with van der Waals surface area (Å²) in [4.78, 5) is 0. The van der Waals surface area contributed by atoms with E-state index in [4.69, 9.17) is 58.0 Å². The van der Waals surface area contributed by atoms with Gasteiger partial charge in [-0.05, 0) is 13.8 Å². The molecule has 0 unspecified atom stereocenters. The third-order valence-corrected chi connectivity index (χ3v) is 0.667. The summed E-state index contributed by atoms with van der Waals surface area (Å²) >= 11 is 26.6. The van der Waals surface area contributed by atoms with Gasteiger partial charge in [-0.1, -0.05) is 53.3 Å². The Morgan fingerprint density at radius 1 is 1.00 bits per heavy atom. The van der Waals surface area contributed by atoms with Crippen LogP contribution in [-0.4, -0.2) is 14.9 Å². The predicted molar refractivity (Wildman–Crippen MR) is 57.7 cm³/mol. The van der Waals surface area contributed by atoms with Crippen LogP contribution in [0.1, 0.15) is 20.8 Å². The van der Waals surface area contributed by atoms with E-state index < -0.39 is 9.04 Å². The van der Waals surface area contributed by atoms with Gasteiger partial charge in [0, 0.05) is 5.88 Å². The standard InChI is InChI=1S/C4H6Cl4O.C2H5Cl/c1-3(5,6)9-4(2,7)8;1-2-3/h1-2H3;2H2,1H3. The van der Waals surface area contributed by atoms with E-state index in [0.717, 1.165) is 5.88 Å². The average molecular weight is 276 g/mol. The van der Waals surface area contributed by atoms with Crippen molar-refractivity contribution < 1.29 is 4.74 Å². The molecule has 0 N–H and O–H groups in total. The fourth-order valence-corrected chi connectivity index (χ4v) is 1.09. The molecular formula is C6H11Cl5O. The van der Waals surface area contributed by atoms with E-state index in [0.29, 0.717) is 0 Å². The Bertz CT molecular complexity index is 91.5. The van der Waals surface area contributed by atoms with Crippen LogP contribution in [0.15, 0.2) is 0 Å². The molecule has 12 heavy (non-hydrogen) atoms. The molecule has 0 aliphatic heterocycles. The van der Waals surface area contributed by atoms with E-state index in [9.17, 15) is 0 Å². The van der Waals surface area contributed by atoms with Gasteiger partial charge in [0.1, 0.15) is 0 Å². The lowest BCUT2D eigenvalue weighted by Crippen LogP contribution is -2.23. The van der Waals surface area contributed by atoms with E-state index in [1.165, 1.54) is 13.8 Å². The highest BCUT2D eigenvalue weighted by molar-refractivity contribution is 6.49. The molecule has 0 rings (SSSR count). The monoisotopic (exact) mass is 274 g/mol. The van der Waals surface area contributed by atoms with E-state index in [1.54, 1.807) is 0 Å². The van der Waals surface area contributed by atoms with Crippen molar-refractivity contribution in [1.29, 1.82) is 0 Å². The van der Waals surface area contributed by atoms with Crippen LogP contribution in [0.4, 0.5) is 0 Å². The molecule has 0 aromatic carbocycles. The maximum absolute atomic E-state index is 5.39. The van der Waals surface area contributed by atoms with Gasteiger partial charge in [-0.25, -0.2) is 0 Å². The van der Waals surface area contributed by atoms with Crippen molar-refractivity contribution in [1.82, 2.24) is 0 Å². The zero-order valence-electron chi connectivity index (χ0n) is 7.01. The normalized spacial score (nSPS) is 12.0. The number of alkyl halides is 5. The van der Waals surface area contributed by atoms with Crippen molar-refractivity contribution in [2.45, 2.75) is 29.8 Å². The van der Waals surface area contributed by atoms with Crippen LogP contribution in [0.2, 0.25) is 0 Å². The first-order valence-corrected chi connectivity index (χ1v) is 5.18. The molecular weight excluding hydrogens is 265 g/mol. The summed E-state index contributed by atoms with van der Waals surface area (Å²) in [7, 11) is 0. The summed E-state index contributed by atoms with van der Waals surface area (Å²) in [5.41, 5.74) is 0. The lowest BCUT2D eigenvalue weighted by Gasteiger charge is -2.21. The van der Waals surface area contributed by atoms with Gasteiger partial charge in [0.25, 0.3) is 0 Å². The molecule has 0 radical (unpaired) electrons. The molecule has 0 amide bonds. The maximum Gasteiger partial charge on any atom is 0.217 e. The van der Waals surface area contributed by atoms with Gasteiger partial charge in [0.15, 0.2) is 0 Å². The number of hydrogen-bond acceptors (Lipinski definition) is 1. The highest BCUT2D eigenvalue weighted by Crippen LogP contribution is 2.32. The van der Waals surface area contributed by atoms with Crippen LogP contribution >= 0.6 is 58.0 Å². The lowest BCUT2D eigenvalue weighted by atomic mass is 10.8. The quantitative estimate of drug-likeness (QED) is 0.672. The molecule has 6 heteroatoms. The van der Waals surface area contributed by atoms with Crippen molar-refractivity contribution in [3.63, 3.8) is 0 Å². The predicted octanol–water partition coefficient (Wildman–Crippen LogP) is 4.55. The maximum atomic E-state index is 5.39. The Labute approximate surface area is 98.2 Å². The molecule has 0 bridgehead atoms. The number of halogens is 5. The van der Waals surface area contributed by atoms with E-state index in [-0.39, 0.29) is 0 Å². The van der Waals surface area contributed by atoms with Crippen molar-refractivity contribution in [2.75, 3.05) is 5.88 Å². The first kappa shape index (κ1) is 15.9. The first-order chi connectivity index (χ1) is 5.12. The first-order valence-electron chi connectivity index (χ1n) is 3.14. The SMILES string of the molecule is CC(Cl)(Cl)OC(C)(Cl)Cl.CCCl. The minimum atomic E-state index is -1.34. The van der Waals surface area contributed by atoms with Gasteiger partial charge in [-0.15, -0.1) is 11.6 Å². The number of hydrogen-bond donors (Lipinski definition) is 0. The van der Waals surface area contributed by atoms with Crippen LogP contribution in [0.25, 0.3) is 0 Å². The Morgan fingerprint density at radius 3 is 1.17 bits per heavy atom. The van der Waals surface area contributed by atoms with Crippen molar-refractivity contribution in [3.05, 3.63) is 0 Å². The van der Waals surface area contributed by atoms with E-state index in [1.807, 2.05) is 6.92 Å². The molecule has 0 aliphatic carbocycles. The van der Waals surface area contributed by atoms with Crippen LogP contribution in [0, 0.1) is 0 Å². The second-order valence-electron chi connectivity index (χ2n) is 1.98. The molecule has 0 fully saturated rings. The molecule has 0 atom stereocenters. The number of ether oxygens (including phenoxy) is 1. The zero-order valence-corrected chi connectivity index (χ0v) is 10.8. The summed E-state index contributed by atoms with van der Waals surface area (Å²) in [5, 5.41) is 0. The molecule has 76 valence electrons. The van der Waals surface area contributed by atoms with E-state index >= 15 is 0 Å². The van der Waals surface area contributed by atoms with Crippen LogP contribution in [0.3, 0.4) is 0 Å². The van der Waals surface area contributed by atoms with Crippen molar-refractivity contribution in [3.8, 4) is 0 Å². The average Bonchev–Trinajstić information content (AvgIpc) is 1.53. The molecule has 0 saturated heterocycles. The van der Waals surface area contributed by atoms with Gasteiger partial charge >= 0.3 is 0 Å². The third kappa shape index (κ3) is 22.5. The lowest BCUT2D eigenvalue weighted by molar-refractivity contribution is 0.0499. The Kier molecular flexibility index (Phi) is 8.99. The number of rotatable bonds is 2. The van der Waals surface area contributed by atoms with Crippen LogP contribution < -0.4 is 0 Å². The topological polar surface area (TPSA) is 9.23 Å². The zero-order chi connectivity index (χ0) is 10.4. The summed E-state index contributed by atoms with van der Waals surface area (Å²) in [6, 6.07) is 0. The van der Waals surface area contributed by atoms with Crippen LogP contribution in [-0.2, 0) is 4.74 Å². The summed E-state index contributed by atoms with van der Waals surface area (Å²) in [6.07, 6.45) is 0. The van der Waals surface area contributed by atoms with Crippen molar-refractivity contribution >= 4 is 58.0 Å². The fourth-order valence-electron chi connectivity index (χ4n) is 0.315. The molecule has 0 aromatic rings. The Hall–Kier alpha value is 1.41. The highest BCUT2D eigenvalue weighted by atomic mass is 35.5. The third-order valence-electron chi connectivity index (χ3n) is 0.358. The van der Waals surface area contributed by atoms with Crippen molar-refractivity contribution in [2.24, 2.45) is 0 Å². The molecule has 0 spiro atoms. The summed E-state index contributed by atoms with van der Waals surface area (Å²) in [5.74, 6) is 0.722. The second kappa shape index (κ2) is 6.80. The molecule has 0 aromatic heterocycles. The smallest absolute Gasteiger partial charge is 0.217 e. The van der Waals surface area contributed by atoms with Gasteiger partial charge in [-0.3, -0.25) is 0 Å². The van der Waals surface area contributed by atoms with Gasteiger partial charge < -0.3 is 4.74 Å². The highest BCUT2D eigenvalue weighted by Gasteiger charge is 2.28. The fraction of sp³-hybridized carbons (Fsp3) is 1.00. The summed E-state index contributed by atoms with van der Waals surface area (Å²) < 4.78 is 2.02. The minimum Gasteiger partial charge on any atom is -0.311 e. The Balaban J connectivity index is 0. The largest absolute Gasteiger partial charge is 0.311 e. The summed E-state index contributed by atoms with van der Waals surface area (Å²) in [6.45, 7) is 4.75.